The van der Waals surface area contributed by atoms with Gasteiger partial charge in [-0.05, 0) is 99.7 Å². The minimum Gasteiger partial charge on any atom is -0.496 e. The Kier molecular flexibility index (Phi) is 9.65. The first kappa shape index (κ1) is 32.5. The Hall–Kier alpha value is -4.85. The predicted octanol–water partition coefficient (Wildman–Crippen LogP) is 7.91. The summed E-state index contributed by atoms with van der Waals surface area (Å²) in [7, 11) is 3.03. The van der Waals surface area contributed by atoms with Crippen LogP contribution >= 0.6 is 0 Å². The maximum atomic E-state index is 13.3. The van der Waals surface area contributed by atoms with E-state index in [9.17, 15) is 9.59 Å². The van der Waals surface area contributed by atoms with Gasteiger partial charge in [0.15, 0.2) is 0 Å². The lowest BCUT2D eigenvalue weighted by molar-refractivity contribution is 0.0600. The highest BCUT2D eigenvalue weighted by Gasteiger charge is 2.40. The molecule has 46 heavy (non-hydrogen) atoms. The van der Waals surface area contributed by atoms with Crippen LogP contribution in [-0.2, 0) is 16.0 Å². The zero-order valence-electron chi connectivity index (χ0n) is 27.8. The Morgan fingerprint density at radius 3 is 2.39 bits per heavy atom. The van der Waals surface area contributed by atoms with Crippen molar-refractivity contribution >= 4 is 17.9 Å². The number of esters is 1. The van der Waals surface area contributed by atoms with Gasteiger partial charge in [-0.2, -0.15) is 0 Å². The van der Waals surface area contributed by atoms with Crippen LogP contribution in [-0.4, -0.2) is 61.4 Å². The molecule has 0 aliphatic carbocycles. The fourth-order valence-electron chi connectivity index (χ4n) is 6.13. The van der Waals surface area contributed by atoms with Gasteiger partial charge in [0.05, 0.1) is 38.1 Å². The highest BCUT2D eigenvalue weighted by atomic mass is 16.6. The van der Waals surface area contributed by atoms with Crippen LogP contribution in [0.1, 0.15) is 55.7 Å². The highest BCUT2D eigenvalue weighted by molar-refractivity contribution is 5.91. The lowest BCUT2D eigenvalue weighted by Gasteiger charge is -2.33. The standard InChI is InChI=1S/C38H43N3O5/c1-23(2)18-24(3)19-26(5)36-27(6)41(38(43)46-36)22-33-31(13-15-35(39-33)40-16-9-17-40)32-21-28(11-14-34(32)44-7)30-12-10-29(20-25(30)4)37(42)45-8/h10-15,18-21,27,36H,5,9,16-17,22H2,1-4,6-8H3. The van der Waals surface area contributed by atoms with Crippen LogP contribution in [0.2, 0.25) is 0 Å². The van der Waals surface area contributed by atoms with Crippen molar-refractivity contribution in [2.45, 2.75) is 59.7 Å². The number of methoxy groups -OCH3 is 2. The van der Waals surface area contributed by atoms with Crippen LogP contribution in [0.25, 0.3) is 22.3 Å². The second kappa shape index (κ2) is 13.6. The number of aromatic nitrogens is 1. The van der Waals surface area contributed by atoms with Crippen LogP contribution in [0.3, 0.4) is 0 Å². The van der Waals surface area contributed by atoms with Crippen molar-refractivity contribution in [1.29, 1.82) is 0 Å². The summed E-state index contributed by atoms with van der Waals surface area (Å²) in [6.07, 6.45) is 4.33. The SMILES string of the molecule is C=C(C=C(C)C=C(C)C)C1OC(=O)N(Cc2nc(N3CCC3)ccc2-c2cc(-c3ccc(C(=O)OC)cc3C)ccc2OC)C1C. The van der Waals surface area contributed by atoms with Crippen molar-refractivity contribution in [2.24, 2.45) is 0 Å². The van der Waals surface area contributed by atoms with E-state index in [0.29, 0.717) is 11.3 Å². The van der Waals surface area contributed by atoms with E-state index < -0.39 is 12.2 Å². The number of nitrogens with zero attached hydrogens (tertiary/aromatic N) is 3. The quantitative estimate of drug-likeness (QED) is 0.168. The molecule has 0 spiro atoms. The number of hydrogen-bond acceptors (Lipinski definition) is 7. The van der Waals surface area contributed by atoms with Gasteiger partial charge >= 0.3 is 12.1 Å². The van der Waals surface area contributed by atoms with Gasteiger partial charge in [-0.3, -0.25) is 4.90 Å². The van der Waals surface area contributed by atoms with Crippen LogP contribution in [0.5, 0.6) is 5.75 Å². The first-order chi connectivity index (χ1) is 22.0. The molecule has 240 valence electrons. The lowest BCUT2D eigenvalue weighted by Crippen LogP contribution is -2.38. The van der Waals surface area contributed by atoms with Gasteiger partial charge in [0.2, 0.25) is 0 Å². The zero-order valence-corrected chi connectivity index (χ0v) is 27.8. The minimum absolute atomic E-state index is 0.248. The van der Waals surface area contributed by atoms with E-state index >= 15 is 0 Å². The summed E-state index contributed by atoms with van der Waals surface area (Å²) in [6, 6.07) is 15.4. The number of carbonyl (C=O) groups is 2. The second-order valence-electron chi connectivity index (χ2n) is 12.3. The van der Waals surface area contributed by atoms with Gasteiger partial charge in [0.25, 0.3) is 0 Å². The molecular formula is C38H43N3O5. The molecule has 1 amide bonds. The molecule has 2 aliphatic heterocycles. The average Bonchev–Trinajstić information content (AvgIpc) is 3.27. The van der Waals surface area contributed by atoms with Crippen molar-refractivity contribution < 1.29 is 23.8 Å². The molecule has 8 heteroatoms. The maximum Gasteiger partial charge on any atom is 0.411 e. The normalized spacial score (nSPS) is 17.7. The van der Waals surface area contributed by atoms with Gasteiger partial charge in [-0.15, -0.1) is 0 Å². The molecule has 2 saturated heterocycles. The number of cyclic esters (lactones) is 1. The molecule has 0 N–H and O–H groups in total. The maximum absolute atomic E-state index is 13.3. The summed E-state index contributed by atoms with van der Waals surface area (Å²) in [4.78, 5) is 34.5. The Bertz CT molecular complexity index is 1730. The predicted molar refractivity (Wildman–Crippen MR) is 182 cm³/mol. The number of ether oxygens (including phenoxy) is 3. The number of amides is 1. The molecule has 0 saturated carbocycles. The van der Waals surface area contributed by atoms with Crippen molar-refractivity contribution in [2.75, 3.05) is 32.2 Å². The van der Waals surface area contributed by atoms with E-state index in [1.54, 1.807) is 18.1 Å². The summed E-state index contributed by atoms with van der Waals surface area (Å²) in [6.45, 7) is 16.5. The van der Waals surface area contributed by atoms with E-state index in [0.717, 1.165) is 70.0 Å². The van der Waals surface area contributed by atoms with Gasteiger partial charge in [-0.25, -0.2) is 14.6 Å². The van der Waals surface area contributed by atoms with E-state index in [1.807, 2.05) is 71.0 Å². The number of benzene rings is 2. The largest absolute Gasteiger partial charge is 0.496 e. The molecular weight excluding hydrogens is 578 g/mol. The van der Waals surface area contributed by atoms with Gasteiger partial charge < -0.3 is 19.1 Å². The fourth-order valence-corrected chi connectivity index (χ4v) is 6.13. The number of hydrogen-bond donors (Lipinski definition) is 0. The van der Waals surface area contributed by atoms with Crippen molar-refractivity contribution in [3.05, 3.63) is 101 Å². The van der Waals surface area contributed by atoms with Crippen molar-refractivity contribution in [3.63, 3.8) is 0 Å². The molecule has 3 aromatic rings. The van der Waals surface area contributed by atoms with Crippen molar-refractivity contribution in [3.8, 4) is 28.0 Å². The number of carbonyl (C=O) groups excluding carboxylic acids is 2. The smallest absolute Gasteiger partial charge is 0.411 e. The number of rotatable bonds is 10. The molecule has 2 aromatic carbocycles. The monoisotopic (exact) mass is 621 g/mol. The first-order valence-electron chi connectivity index (χ1n) is 15.6. The highest BCUT2D eigenvalue weighted by Crippen LogP contribution is 2.39. The van der Waals surface area contributed by atoms with E-state index in [2.05, 4.69) is 29.7 Å². The number of anilines is 1. The summed E-state index contributed by atoms with van der Waals surface area (Å²) < 4.78 is 16.6. The molecule has 3 heterocycles. The summed E-state index contributed by atoms with van der Waals surface area (Å²) in [5.41, 5.74) is 8.87. The van der Waals surface area contributed by atoms with Crippen LogP contribution in [0.4, 0.5) is 10.6 Å². The van der Waals surface area contributed by atoms with E-state index in [4.69, 9.17) is 19.2 Å². The Morgan fingerprint density at radius 2 is 1.76 bits per heavy atom. The molecule has 1 aromatic heterocycles. The molecule has 5 rings (SSSR count). The molecule has 2 unspecified atom stereocenters. The van der Waals surface area contributed by atoms with Crippen LogP contribution < -0.4 is 9.64 Å². The van der Waals surface area contributed by atoms with E-state index in [1.165, 1.54) is 12.7 Å². The Morgan fingerprint density at radius 1 is 1.02 bits per heavy atom. The van der Waals surface area contributed by atoms with Crippen LogP contribution in [0, 0.1) is 6.92 Å². The third-order valence-corrected chi connectivity index (χ3v) is 8.59. The lowest BCUT2D eigenvalue weighted by atomic mass is 9.93. The Balaban J connectivity index is 1.53. The molecule has 2 atom stereocenters. The van der Waals surface area contributed by atoms with Gasteiger partial charge in [0, 0.05) is 24.2 Å². The average molecular weight is 622 g/mol. The molecule has 2 aliphatic rings. The minimum atomic E-state index is -0.469. The summed E-state index contributed by atoms with van der Waals surface area (Å²) >= 11 is 0. The molecule has 8 nitrogen and oxygen atoms in total. The zero-order chi connectivity index (χ0) is 33.1. The number of pyridine rings is 1. The molecule has 0 bridgehead atoms. The van der Waals surface area contributed by atoms with E-state index in [-0.39, 0.29) is 18.6 Å². The summed E-state index contributed by atoms with van der Waals surface area (Å²) in [5.74, 6) is 1.20. The fraction of sp³-hybridized carbons (Fsp3) is 0.342. The van der Waals surface area contributed by atoms with Gasteiger partial charge in [0.1, 0.15) is 17.7 Å². The molecule has 2 fully saturated rings. The Labute approximate surface area is 272 Å². The molecule has 0 radical (unpaired) electrons. The topological polar surface area (TPSA) is 81.2 Å². The van der Waals surface area contributed by atoms with Crippen LogP contribution in [0.15, 0.2) is 84.0 Å². The number of aryl methyl sites for hydroxylation is 1. The van der Waals surface area contributed by atoms with Gasteiger partial charge in [-0.1, -0.05) is 42.0 Å². The second-order valence-corrected chi connectivity index (χ2v) is 12.3. The first-order valence-corrected chi connectivity index (χ1v) is 15.6. The summed E-state index contributed by atoms with van der Waals surface area (Å²) in [5, 5.41) is 0. The number of allylic oxidation sites excluding steroid dienone is 3. The third-order valence-electron chi connectivity index (χ3n) is 8.59. The van der Waals surface area contributed by atoms with Crippen molar-refractivity contribution in [1.82, 2.24) is 9.88 Å². The third kappa shape index (κ3) is 6.71.